The molecule has 0 bridgehead atoms. The highest BCUT2D eigenvalue weighted by Gasteiger charge is 2.29. The predicted octanol–water partition coefficient (Wildman–Crippen LogP) is 2.99. The molecule has 0 aliphatic heterocycles. The van der Waals surface area contributed by atoms with Crippen molar-refractivity contribution in [3.05, 3.63) is 24.0 Å². The van der Waals surface area contributed by atoms with Crippen molar-refractivity contribution in [1.29, 1.82) is 0 Å². The van der Waals surface area contributed by atoms with Gasteiger partial charge in [-0.3, -0.25) is 4.98 Å². The number of nitrogens with zero attached hydrogens (tertiary/aromatic N) is 1. The largest absolute Gasteiger partial charge is 0.381 e. The van der Waals surface area contributed by atoms with E-state index in [2.05, 4.69) is 30.2 Å². The summed E-state index contributed by atoms with van der Waals surface area (Å²) in [6.07, 6.45) is 7.80. The molecule has 0 saturated heterocycles. The van der Waals surface area contributed by atoms with Gasteiger partial charge >= 0.3 is 0 Å². The lowest BCUT2D eigenvalue weighted by Gasteiger charge is -2.17. The number of nitrogens with one attached hydrogen (secondary N) is 1. The van der Waals surface area contributed by atoms with Gasteiger partial charge in [0.15, 0.2) is 0 Å². The molecule has 1 atom stereocenters. The first-order valence-corrected chi connectivity index (χ1v) is 5.47. The van der Waals surface area contributed by atoms with Gasteiger partial charge in [-0.15, -0.1) is 0 Å². The van der Waals surface area contributed by atoms with Gasteiger partial charge in [-0.25, -0.2) is 0 Å². The maximum Gasteiger partial charge on any atom is 0.0531 e. The molecule has 1 aliphatic rings. The molecular formula is C12H18N2. The number of hydrogen-bond acceptors (Lipinski definition) is 2. The van der Waals surface area contributed by atoms with Crippen molar-refractivity contribution >= 4 is 5.69 Å². The lowest BCUT2D eigenvalue weighted by atomic mass is 10.1. The summed E-state index contributed by atoms with van der Waals surface area (Å²) in [5, 5.41) is 3.57. The summed E-state index contributed by atoms with van der Waals surface area (Å²) in [7, 11) is 0. The lowest BCUT2D eigenvalue weighted by Crippen LogP contribution is -2.20. The van der Waals surface area contributed by atoms with Gasteiger partial charge in [0.1, 0.15) is 0 Å². The number of anilines is 1. The average molecular weight is 190 g/mol. The van der Waals surface area contributed by atoms with Crippen LogP contribution in [-0.2, 0) is 0 Å². The Morgan fingerprint density at radius 2 is 2.29 bits per heavy atom. The Kier molecular flexibility index (Phi) is 2.71. The van der Waals surface area contributed by atoms with Crippen LogP contribution in [0.25, 0.3) is 0 Å². The molecule has 0 radical (unpaired) electrons. The molecule has 2 nitrogen and oxygen atoms in total. The van der Waals surface area contributed by atoms with Gasteiger partial charge < -0.3 is 5.32 Å². The minimum absolute atomic E-state index is 0.651. The zero-order valence-corrected chi connectivity index (χ0v) is 8.96. The van der Waals surface area contributed by atoms with Crippen LogP contribution in [0, 0.1) is 12.8 Å². The molecule has 2 heteroatoms. The average Bonchev–Trinajstić information content (AvgIpc) is 2.97. The van der Waals surface area contributed by atoms with Crippen LogP contribution >= 0.6 is 0 Å². The van der Waals surface area contributed by atoms with Crippen LogP contribution in [0.2, 0.25) is 0 Å². The second-order valence-corrected chi connectivity index (χ2v) is 4.25. The van der Waals surface area contributed by atoms with E-state index >= 15 is 0 Å². The van der Waals surface area contributed by atoms with Crippen molar-refractivity contribution in [2.75, 3.05) is 5.32 Å². The monoisotopic (exact) mass is 190 g/mol. The molecule has 1 aromatic rings. The van der Waals surface area contributed by atoms with Crippen LogP contribution in [0.15, 0.2) is 18.5 Å². The molecular weight excluding hydrogens is 172 g/mol. The second kappa shape index (κ2) is 3.99. The highest BCUT2D eigenvalue weighted by molar-refractivity contribution is 5.43. The Balaban J connectivity index is 2.01. The summed E-state index contributed by atoms with van der Waals surface area (Å²) >= 11 is 0. The molecule has 0 aromatic carbocycles. The van der Waals surface area contributed by atoms with Gasteiger partial charge in [0.2, 0.25) is 0 Å². The molecule has 1 heterocycles. The van der Waals surface area contributed by atoms with E-state index in [4.69, 9.17) is 0 Å². The Morgan fingerprint density at radius 3 is 2.86 bits per heavy atom. The standard InChI is InChI=1S/C12H18N2/c1-3-12(10-4-5-10)14-11-6-9(2)7-13-8-11/h6-8,10,12,14H,3-5H2,1-2H3. The van der Waals surface area contributed by atoms with Crippen molar-refractivity contribution in [2.45, 2.75) is 39.2 Å². The van der Waals surface area contributed by atoms with Crippen LogP contribution in [0.3, 0.4) is 0 Å². The number of aryl methyl sites for hydroxylation is 1. The van der Waals surface area contributed by atoms with Crippen molar-refractivity contribution in [3.63, 3.8) is 0 Å². The Bertz CT molecular complexity index is 305. The Morgan fingerprint density at radius 1 is 1.50 bits per heavy atom. The molecule has 1 unspecified atom stereocenters. The first kappa shape index (κ1) is 9.50. The first-order valence-electron chi connectivity index (χ1n) is 5.47. The third-order valence-corrected chi connectivity index (χ3v) is 2.86. The summed E-state index contributed by atoms with van der Waals surface area (Å²) in [6.45, 7) is 4.33. The minimum Gasteiger partial charge on any atom is -0.381 e. The minimum atomic E-state index is 0.651. The maximum absolute atomic E-state index is 4.19. The van der Waals surface area contributed by atoms with E-state index in [1.807, 2.05) is 12.4 Å². The second-order valence-electron chi connectivity index (χ2n) is 4.25. The SMILES string of the molecule is CCC(Nc1cncc(C)c1)C1CC1. The molecule has 1 aliphatic carbocycles. The fourth-order valence-electron chi connectivity index (χ4n) is 1.90. The van der Waals surface area contributed by atoms with Crippen LogP contribution in [0.1, 0.15) is 31.7 Å². The van der Waals surface area contributed by atoms with Gasteiger partial charge in [0.25, 0.3) is 0 Å². The summed E-state index contributed by atoms with van der Waals surface area (Å²) in [4.78, 5) is 4.19. The summed E-state index contributed by atoms with van der Waals surface area (Å²) in [5.41, 5.74) is 2.39. The van der Waals surface area contributed by atoms with E-state index in [-0.39, 0.29) is 0 Å². The fraction of sp³-hybridized carbons (Fsp3) is 0.583. The molecule has 1 saturated carbocycles. The number of rotatable bonds is 4. The van der Waals surface area contributed by atoms with Crippen LogP contribution in [0.5, 0.6) is 0 Å². The number of hydrogen-bond donors (Lipinski definition) is 1. The van der Waals surface area contributed by atoms with Crippen molar-refractivity contribution in [2.24, 2.45) is 5.92 Å². The molecule has 14 heavy (non-hydrogen) atoms. The highest BCUT2D eigenvalue weighted by atomic mass is 14.9. The van der Waals surface area contributed by atoms with Gasteiger partial charge in [-0.2, -0.15) is 0 Å². The van der Waals surface area contributed by atoms with Gasteiger partial charge in [-0.05, 0) is 43.7 Å². The molecule has 0 amide bonds. The van der Waals surface area contributed by atoms with Crippen molar-refractivity contribution < 1.29 is 0 Å². The van der Waals surface area contributed by atoms with Crippen LogP contribution < -0.4 is 5.32 Å². The third-order valence-electron chi connectivity index (χ3n) is 2.86. The maximum atomic E-state index is 4.19. The van der Waals surface area contributed by atoms with Crippen LogP contribution in [-0.4, -0.2) is 11.0 Å². The molecule has 76 valence electrons. The topological polar surface area (TPSA) is 24.9 Å². The molecule has 1 fully saturated rings. The summed E-state index contributed by atoms with van der Waals surface area (Å²) in [6, 6.07) is 2.82. The Hall–Kier alpha value is -1.05. The smallest absolute Gasteiger partial charge is 0.0531 e. The quantitative estimate of drug-likeness (QED) is 0.789. The summed E-state index contributed by atoms with van der Waals surface area (Å²) < 4.78 is 0. The fourth-order valence-corrected chi connectivity index (χ4v) is 1.90. The number of aromatic nitrogens is 1. The van der Waals surface area contributed by atoms with Gasteiger partial charge in [-0.1, -0.05) is 6.92 Å². The van der Waals surface area contributed by atoms with E-state index < -0.39 is 0 Å². The Labute approximate surface area is 85.7 Å². The van der Waals surface area contributed by atoms with Gasteiger partial charge in [0.05, 0.1) is 5.69 Å². The summed E-state index contributed by atoms with van der Waals surface area (Å²) in [5.74, 6) is 0.903. The predicted molar refractivity (Wildman–Crippen MR) is 59.4 cm³/mol. The normalized spacial score (nSPS) is 17.9. The van der Waals surface area contributed by atoms with E-state index in [9.17, 15) is 0 Å². The van der Waals surface area contributed by atoms with E-state index in [1.54, 1.807) is 0 Å². The van der Waals surface area contributed by atoms with Crippen molar-refractivity contribution in [3.8, 4) is 0 Å². The highest BCUT2D eigenvalue weighted by Crippen LogP contribution is 2.35. The molecule has 0 spiro atoms. The van der Waals surface area contributed by atoms with Crippen molar-refractivity contribution in [1.82, 2.24) is 4.98 Å². The zero-order chi connectivity index (χ0) is 9.97. The molecule has 1 N–H and O–H groups in total. The van der Waals surface area contributed by atoms with Crippen LogP contribution in [0.4, 0.5) is 5.69 Å². The molecule has 1 aromatic heterocycles. The number of pyridine rings is 1. The lowest BCUT2D eigenvalue weighted by molar-refractivity contribution is 0.616. The molecule has 2 rings (SSSR count). The first-order chi connectivity index (χ1) is 6.79. The van der Waals surface area contributed by atoms with E-state index in [1.165, 1.54) is 30.5 Å². The van der Waals surface area contributed by atoms with E-state index in [0.717, 1.165) is 5.92 Å². The zero-order valence-electron chi connectivity index (χ0n) is 8.96. The van der Waals surface area contributed by atoms with E-state index in [0.29, 0.717) is 6.04 Å². The third kappa shape index (κ3) is 2.25. The van der Waals surface area contributed by atoms with Gasteiger partial charge in [0, 0.05) is 18.4 Å².